The van der Waals surface area contributed by atoms with Crippen LogP contribution in [0, 0.1) is 11.8 Å². The summed E-state index contributed by atoms with van der Waals surface area (Å²) in [6.45, 7) is 0.322. The Morgan fingerprint density at radius 3 is 3.19 bits per heavy atom. The van der Waals surface area contributed by atoms with Crippen molar-refractivity contribution in [2.45, 2.75) is 18.9 Å². The Hall–Kier alpha value is -1.58. The van der Waals surface area contributed by atoms with Crippen LogP contribution in [0.4, 0.5) is 9.93 Å². The molecule has 4 N–H and O–H groups in total. The lowest BCUT2D eigenvalue weighted by Crippen LogP contribution is -2.30. The molecule has 2 amide bonds. The Morgan fingerprint density at radius 1 is 1.69 bits per heavy atom. The van der Waals surface area contributed by atoms with Crippen LogP contribution >= 0.6 is 11.3 Å². The first-order valence-corrected chi connectivity index (χ1v) is 5.82. The molecule has 2 rings (SSSR count). The fourth-order valence-corrected chi connectivity index (χ4v) is 1.76. The zero-order valence-electron chi connectivity index (χ0n) is 8.62. The van der Waals surface area contributed by atoms with Gasteiger partial charge in [0.1, 0.15) is 0 Å². The van der Waals surface area contributed by atoms with E-state index in [9.17, 15) is 4.79 Å². The van der Waals surface area contributed by atoms with E-state index in [0.717, 1.165) is 17.7 Å². The van der Waals surface area contributed by atoms with Crippen molar-refractivity contribution in [3.63, 3.8) is 0 Å². The fraction of sp³-hybridized carbons (Fsp3) is 0.400. The third kappa shape index (κ3) is 3.22. The van der Waals surface area contributed by atoms with Crippen LogP contribution in [0.15, 0.2) is 6.20 Å². The molecule has 0 atom stereocenters. The number of hydrogen-bond donors (Lipinski definition) is 3. The molecule has 1 aliphatic carbocycles. The van der Waals surface area contributed by atoms with Crippen LogP contribution in [-0.4, -0.2) is 23.6 Å². The second-order valence-corrected chi connectivity index (χ2v) is 4.44. The highest BCUT2D eigenvalue weighted by Gasteiger charge is 2.23. The third-order valence-corrected chi connectivity index (χ3v) is 2.78. The Labute approximate surface area is 97.4 Å². The molecule has 0 aromatic carbocycles. The molecule has 84 valence electrons. The topological polar surface area (TPSA) is 80.0 Å². The highest BCUT2D eigenvalue weighted by atomic mass is 32.1. The summed E-state index contributed by atoms with van der Waals surface area (Å²) in [6, 6.07) is 0.145. The predicted octanol–water partition coefficient (Wildman–Crippen LogP) is 0.737. The number of nitrogens with two attached hydrogens (primary N) is 1. The van der Waals surface area contributed by atoms with Crippen molar-refractivity contribution in [1.29, 1.82) is 0 Å². The van der Waals surface area contributed by atoms with Crippen molar-refractivity contribution in [2.75, 3.05) is 11.9 Å². The molecule has 0 saturated heterocycles. The molecule has 1 heterocycles. The molecular formula is C10H12N4OS. The summed E-state index contributed by atoms with van der Waals surface area (Å²) in [5.74, 6) is 5.59. The number of thiazole rings is 1. The molecule has 1 fully saturated rings. The summed E-state index contributed by atoms with van der Waals surface area (Å²) in [5.41, 5.74) is 5.26. The summed E-state index contributed by atoms with van der Waals surface area (Å²) in [4.78, 5) is 16.2. The van der Waals surface area contributed by atoms with Crippen LogP contribution in [0.1, 0.15) is 17.7 Å². The van der Waals surface area contributed by atoms with E-state index in [0.29, 0.717) is 17.7 Å². The first-order chi connectivity index (χ1) is 7.78. The van der Waals surface area contributed by atoms with Crippen molar-refractivity contribution >= 4 is 22.5 Å². The number of nitrogens with zero attached hydrogens (tertiary/aromatic N) is 1. The van der Waals surface area contributed by atoms with Crippen LogP contribution in [0.5, 0.6) is 0 Å². The molecule has 0 unspecified atom stereocenters. The van der Waals surface area contributed by atoms with Gasteiger partial charge in [0, 0.05) is 6.04 Å². The van der Waals surface area contributed by atoms with Crippen LogP contribution < -0.4 is 16.4 Å². The monoisotopic (exact) mass is 236 g/mol. The van der Waals surface area contributed by atoms with Crippen molar-refractivity contribution < 1.29 is 4.79 Å². The highest BCUT2D eigenvalue weighted by Crippen LogP contribution is 2.20. The number of nitrogens with one attached hydrogen (secondary N) is 2. The molecule has 16 heavy (non-hydrogen) atoms. The zero-order valence-corrected chi connectivity index (χ0v) is 9.43. The van der Waals surface area contributed by atoms with Gasteiger partial charge in [0.15, 0.2) is 5.13 Å². The number of carbonyl (C=O) groups excluding carboxylic acids is 1. The number of aromatic nitrogens is 1. The first kappa shape index (κ1) is 10.9. The zero-order chi connectivity index (χ0) is 11.4. The van der Waals surface area contributed by atoms with Gasteiger partial charge in [0.05, 0.1) is 17.6 Å². The van der Waals surface area contributed by atoms with E-state index in [1.807, 2.05) is 0 Å². The molecule has 5 nitrogen and oxygen atoms in total. The Morgan fingerprint density at radius 2 is 2.50 bits per heavy atom. The highest BCUT2D eigenvalue weighted by molar-refractivity contribution is 7.16. The third-order valence-electron chi connectivity index (χ3n) is 1.95. The standard InChI is InChI=1S/C10H12N4OS/c11-5-1-2-8-6-12-10(16-8)14-9(15)13-7-3-4-7/h6-7H,3-5,11H2,(H2,12,13,14,15). The molecule has 1 aromatic rings. The SMILES string of the molecule is NCC#Cc1cnc(NC(=O)NC2CC2)s1. The number of rotatable bonds is 2. The minimum absolute atomic E-state index is 0.199. The molecule has 1 saturated carbocycles. The molecule has 1 aliphatic rings. The second kappa shape index (κ2) is 4.96. The van der Waals surface area contributed by atoms with Crippen molar-refractivity contribution in [1.82, 2.24) is 10.3 Å². The lowest BCUT2D eigenvalue weighted by Gasteiger charge is -2.01. The van der Waals surface area contributed by atoms with Crippen molar-refractivity contribution in [3.05, 3.63) is 11.1 Å². The fourth-order valence-electron chi connectivity index (χ4n) is 1.07. The average molecular weight is 236 g/mol. The van der Waals surface area contributed by atoms with E-state index in [4.69, 9.17) is 5.73 Å². The maximum absolute atomic E-state index is 11.4. The number of hydrogen-bond acceptors (Lipinski definition) is 4. The summed E-state index contributed by atoms with van der Waals surface area (Å²) < 4.78 is 0. The van der Waals surface area contributed by atoms with E-state index in [1.165, 1.54) is 11.3 Å². The Bertz CT molecular complexity index is 441. The van der Waals surface area contributed by atoms with E-state index in [1.54, 1.807) is 6.20 Å². The van der Waals surface area contributed by atoms with Gasteiger partial charge in [0.25, 0.3) is 0 Å². The Kier molecular flexibility index (Phi) is 3.39. The largest absolute Gasteiger partial charge is 0.335 e. The molecule has 6 heteroatoms. The first-order valence-electron chi connectivity index (χ1n) is 5.00. The summed E-state index contributed by atoms with van der Waals surface area (Å²) in [6.07, 6.45) is 3.76. The normalized spacial score (nSPS) is 13.8. The van der Waals surface area contributed by atoms with Crippen molar-refractivity contribution in [2.24, 2.45) is 5.73 Å². The van der Waals surface area contributed by atoms with Gasteiger partial charge in [-0.3, -0.25) is 5.32 Å². The van der Waals surface area contributed by atoms with E-state index < -0.39 is 0 Å². The maximum atomic E-state index is 11.4. The summed E-state index contributed by atoms with van der Waals surface area (Å²) >= 11 is 1.34. The minimum atomic E-state index is -0.199. The summed E-state index contributed by atoms with van der Waals surface area (Å²) in [5, 5.41) is 6.04. The second-order valence-electron chi connectivity index (χ2n) is 3.41. The lowest BCUT2D eigenvalue weighted by atomic mass is 10.5. The number of amides is 2. The van der Waals surface area contributed by atoms with Gasteiger partial charge in [-0.05, 0) is 12.8 Å². The minimum Gasteiger partial charge on any atom is -0.335 e. The summed E-state index contributed by atoms with van der Waals surface area (Å²) in [7, 11) is 0. The molecule has 0 aliphatic heterocycles. The van der Waals surface area contributed by atoms with Crippen molar-refractivity contribution in [3.8, 4) is 11.8 Å². The van der Waals surface area contributed by atoms with Gasteiger partial charge in [0.2, 0.25) is 0 Å². The number of urea groups is 1. The quantitative estimate of drug-likeness (QED) is 0.662. The molecular weight excluding hydrogens is 224 g/mol. The van der Waals surface area contributed by atoms with Gasteiger partial charge in [-0.2, -0.15) is 0 Å². The lowest BCUT2D eigenvalue weighted by molar-refractivity contribution is 0.251. The molecule has 0 bridgehead atoms. The van der Waals surface area contributed by atoms with E-state index in [-0.39, 0.29) is 6.03 Å². The molecule has 1 aromatic heterocycles. The van der Waals surface area contributed by atoms with Crippen LogP contribution in [-0.2, 0) is 0 Å². The van der Waals surface area contributed by atoms with Gasteiger partial charge in [-0.25, -0.2) is 9.78 Å². The van der Waals surface area contributed by atoms with E-state index >= 15 is 0 Å². The average Bonchev–Trinajstić information content (AvgIpc) is 2.94. The van der Waals surface area contributed by atoms with Gasteiger partial charge >= 0.3 is 6.03 Å². The van der Waals surface area contributed by atoms with Gasteiger partial charge < -0.3 is 11.1 Å². The van der Waals surface area contributed by atoms with Crippen LogP contribution in [0.2, 0.25) is 0 Å². The Balaban J connectivity index is 1.88. The van der Waals surface area contributed by atoms with Gasteiger partial charge in [-0.1, -0.05) is 23.2 Å². The smallest absolute Gasteiger partial charge is 0.321 e. The van der Waals surface area contributed by atoms with Crippen LogP contribution in [0.3, 0.4) is 0 Å². The maximum Gasteiger partial charge on any atom is 0.321 e. The van der Waals surface area contributed by atoms with E-state index in [2.05, 4.69) is 27.5 Å². The number of anilines is 1. The molecule has 0 spiro atoms. The predicted molar refractivity (Wildman–Crippen MR) is 63.2 cm³/mol. The molecule has 0 radical (unpaired) electrons. The van der Waals surface area contributed by atoms with Crippen LogP contribution in [0.25, 0.3) is 0 Å². The number of carbonyl (C=O) groups is 1. The van der Waals surface area contributed by atoms with Gasteiger partial charge in [-0.15, -0.1) is 0 Å².